The molecule has 0 heterocycles. The largest absolute Gasteiger partial charge is 0.299 e. The molecule has 1 heteroatoms. The van der Waals surface area contributed by atoms with E-state index in [2.05, 4.69) is 20.8 Å². The van der Waals surface area contributed by atoms with Gasteiger partial charge in [-0.05, 0) is 31.6 Å². The molecule has 0 aromatic rings. The third-order valence-electron chi connectivity index (χ3n) is 4.16. The van der Waals surface area contributed by atoms with E-state index in [1.807, 2.05) is 0 Å². The van der Waals surface area contributed by atoms with Crippen molar-refractivity contribution in [2.24, 2.45) is 17.8 Å². The van der Waals surface area contributed by atoms with Crippen molar-refractivity contribution in [2.45, 2.75) is 78.6 Å². The summed E-state index contributed by atoms with van der Waals surface area (Å²) in [5, 5.41) is 0. The Labute approximate surface area is 107 Å². The Morgan fingerprint density at radius 2 is 1.65 bits per heavy atom. The molecule has 1 saturated carbocycles. The molecule has 0 bridgehead atoms. The molecular formula is C16H30O. The van der Waals surface area contributed by atoms with Gasteiger partial charge in [-0.1, -0.05) is 52.9 Å². The third kappa shape index (κ3) is 5.23. The second-order valence-corrected chi connectivity index (χ2v) is 6.19. The van der Waals surface area contributed by atoms with Crippen LogP contribution in [0.1, 0.15) is 78.6 Å². The topological polar surface area (TPSA) is 17.1 Å². The average Bonchev–Trinajstić information content (AvgIpc) is 2.61. The fourth-order valence-electron chi connectivity index (χ4n) is 3.01. The molecule has 0 radical (unpaired) electrons. The maximum atomic E-state index is 12.2. The van der Waals surface area contributed by atoms with Crippen molar-refractivity contribution in [2.75, 3.05) is 0 Å². The Morgan fingerprint density at radius 1 is 1.06 bits per heavy atom. The van der Waals surface area contributed by atoms with Gasteiger partial charge < -0.3 is 0 Å². The van der Waals surface area contributed by atoms with Crippen molar-refractivity contribution >= 4 is 5.78 Å². The molecular weight excluding hydrogens is 208 g/mol. The van der Waals surface area contributed by atoms with E-state index in [4.69, 9.17) is 0 Å². The molecule has 1 fully saturated rings. The summed E-state index contributed by atoms with van der Waals surface area (Å²) < 4.78 is 0. The lowest BCUT2D eigenvalue weighted by atomic mass is 9.93. The molecule has 0 aliphatic heterocycles. The molecule has 0 aromatic carbocycles. The van der Waals surface area contributed by atoms with Crippen molar-refractivity contribution in [1.82, 2.24) is 0 Å². The van der Waals surface area contributed by atoms with E-state index in [-0.39, 0.29) is 0 Å². The minimum atomic E-state index is 0.417. The highest BCUT2D eigenvalue weighted by atomic mass is 16.1. The first-order valence-electron chi connectivity index (χ1n) is 7.68. The van der Waals surface area contributed by atoms with E-state index in [1.165, 1.54) is 44.9 Å². The van der Waals surface area contributed by atoms with Crippen LogP contribution < -0.4 is 0 Å². The first-order valence-corrected chi connectivity index (χ1v) is 7.68. The molecule has 1 aliphatic carbocycles. The van der Waals surface area contributed by atoms with Gasteiger partial charge in [0.2, 0.25) is 0 Å². The van der Waals surface area contributed by atoms with Crippen LogP contribution in [0.15, 0.2) is 0 Å². The number of unbranched alkanes of at least 4 members (excludes halogenated alkanes) is 2. The van der Waals surface area contributed by atoms with Gasteiger partial charge in [-0.25, -0.2) is 0 Å². The zero-order chi connectivity index (χ0) is 12.7. The molecule has 0 saturated heterocycles. The van der Waals surface area contributed by atoms with Crippen molar-refractivity contribution in [3.05, 3.63) is 0 Å². The van der Waals surface area contributed by atoms with Crippen LogP contribution in [0.25, 0.3) is 0 Å². The summed E-state index contributed by atoms with van der Waals surface area (Å²) in [5.41, 5.74) is 0. The SMILES string of the molecule is CCCCCC1CCC(CCCC(C)C)C1=O. The maximum Gasteiger partial charge on any atom is 0.139 e. The van der Waals surface area contributed by atoms with Crippen molar-refractivity contribution in [3.8, 4) is 0 Å². The van der Waals surface area contributed by atoms with E-state index in [1.54, 1.807) is 0 Å². The summed E-state index contributed by atoms with van der Waals surface area (Å²) in [5.74, 6) is 2.22. The fourth-order valence-corrected chi connectivity index (χ4v) is 3.01. The maximum absolute atomic E-state index is 12.2. The zero-order valence-corrected chi connectivity index (χ0v) is 12.0. The first-order chi connectivity index (χ1) is 8.15. The summed E-state index contributed by atoms with van der Waals surface area (Å²) >= 11 is 0. The van der Waals surface area contributed by atoms with Crippen LogP contribution in [0.4, 0.5) is 0 Å². The van der Waals surface area contributed by atoms with Gasteiger partial charge in [-0.15, -0.1) is 0 Å². The summed E-state index contributed by atoms with van der Waals surface area (Å²) in [6, 6.07) is 0. The number of hydrogen-bond acceptors (Lipinski definition) is 1. The van der Waals surface area contributed by atoms with Crippen LogP contribution in [-0.4, -0.2) is 5.78 Å². The van der Waals surface area contributed by atoms with Gasteiger partial charge in [0.05, 0.1) is 0 Å². The number of carbonyl (C=O) groups is 1. The van der Waals surface area contributed by atoms with Crippen LogP contribution >= 0.6 is 0 Å². The van der Waals surface area contributed by atoms with E-state index < -0.39 is 0 Å². The predicted octanol–water partition coefficient (Wildman–Crippen LogP) is 4.99. The minimum Gasteiger partial charge on any atom is -0.299 e. The Kier molecular flexibility index (Phi) is 6.84. The molecule has 0 amide bonds. The fraction of sp³-hybridized carbons (Fsp3) is 0.938. The highest BCUT2D eigenvalue weighted by Gasteiger charge is 2.32. The predicted molar refractivity (Wildman–Crippen MR) is 74.1 cm³/mol. The Bertz CT molecular complexity index is 220. The van der Waals surface area contributed by atoms with E-state index in [9.17, 15) is 4.79 Å². The normalized spacial score (nSPS) is 24.8. The quantitative estimate of drug-likeness (QED) is 0.544. The lowest BCUT2D eigenvalue weighted by Gasteiger charge is -2.11. The average molecular weight is 238 g/mol. The van der Waals surface area contributed by atoms with Crippen LogP contribution in [-0.2, 0) is 4.79 Å². The van der Waals surface area contributed by atoms with Crippen LogP contribution in [0, 0.1) is 17.8 Å². The second kappa shape index (κ2) is 7.89. The zero-order valence-electron chi connectivity index (χ0n) is 12.0. The summed E-state index contributed by atoms with van der Waals surface area (Å²) in [4.78, 5) is 12.2. The molecule has 1 rings (SSSR count). The van der Waals surface area contributed by atoms with Gasteiger partial charge in [0, 0.05) is 11.8 Å². The number of ketones is 1. The van der Waals surface area contributed by atoms with Gasteiger partial charge >= 0.3 is 0 Å². The molecule has 0 spiro atoms. The Balaban J connectivity index is 2.19. The molecule has 0 N–H and O–H groups in total. The number of hydrogen-bond donors (Lipinski definition) is 0. The molecule has 2 unspecified atom stereocenters. The first kappa shape index (κ1) is 14.7. The van der Waals surface area contributed by atoms with Gasteiger partial charge in [0.1, 0.15) is 5.78 Å². The molecule has 0 aromatic heterocycles. The monoisotopic (exact) mass is 238 g/mol. The van der Waals surface area contributed by atoms with E-state index >= 15 is 0 Å². The third-order valence-corrected chi connectivity index (χ3v) is 4.16. The Hall–Kier alpha value is -0.330. The molecule has 1 aliphatic rings. The lowest BCUT2D eigenvalue weighted by Crippen LogP contribution is -2.14. The van der Waals surface area contributed by atoms with Gasteiger partial charge in [0.25, 0.3) is 0 Å². The Morgan fingerprint density at radius 3 is 2.18 bits per heavy atom. The second-order valence-electron chi connectivity index (χ2n) is 6.19. The van der Waals surface area contributed by atoms with Crippen molar-refractivity contribution in [3.63, 3.8) is 0 Å². The van der Waals surface area contributed by atoms with Crippen LogP contribution in [0.3, 0.4) is 0 Å². The van der Waals surface area contributed by atoms with Gasteiger partial charge in [0.15, 0.2) is 0 Å². The van der Waals surface area contributed by atoms with E-state index in [0.29, 0.717) is 17.6 Å². The van der Waals surface area contributed by atoms with Crippen LogP contribution in [0.5, 0.6) is 0 Å². The molecule has 1 nitrogen and oxygen atoms in total. The highest BCUT2D eigenvalue weighted by molar-refractivity contribution is 5.85. The lowest BCUT2D eigenvalue weighted by molar-refractivity contribution is -0.124. The highest BCUT2D eigenvalue weighted by Crippen LogP contribution is 2.34. The number of Topliss-reactive ketones (excluding diaryl/α,β-unsaturated/α-hetero) is 1. The van der Waals surface area contributed by atoms with Crippen LogP contribution in [0.2, 0.25) is 0 Å². The number of carbonyl (C=O) groups excluding carboxylic acids is 1. The molecule has 100 valence electrons. The summed E-state index contributed by atoms with van der Waals surface area (Å²) in [6.07, 6.45) is 11.0. The van der Waals surface area contributed by atoms with Crippen molar-refractivity contribution in [1.29, 1.82) is 0 Å². The van der Waals surface area contributed by atoms with Gasteiger partial charge in [-0.2, -0.15) is 0 Å². The van der Waals surface area contributed by atoms with E-state index in [0.717, 1.165) is 18.8 Å². The minimum absolute atomic E-state index is 0.417. The standard InChI is InChI=1S/C16H30O/c1-4-5-6-9-14-11-12-15(16(14)17)10-7-8-13(2)3/h13-15H,4-12H2,1-3H3. The van der Waals surface area contributed by atoms with Crippen molar-refractivity contribution < 1.29 is 4.79 Å². The molecule has 2 atom stereocenters. The summed E-state index contributed by atoms with van der Waals surface area (Å²) in [7, 11) is 0. The summed E-state index contributed by atoms with van der Waals surface area (Å²) in [6.45, 7) is 6.76. The smallest absolute Gasteiger partial charge is 0.139 e. The molecule has 17 heavy (non-hydrogen) atoms. The van der Waals surface area contributed by atoms with Gasteiger partial charge in [-0.3, -0.25) is 4.79 Å². The number of rotatable bonds is 8.